The second-order valence-electron chi connectivity index (χ2n) is 7.62. The molecule has 0 amide bonds. The van der Waals surface area contributed by atoms with Crippen LogP contribution in [-0.2, 0) is 6.42 Å². The first kappa shape index (κ1) is 18.9. The van der Waals surface area contributed by atoms with Crippen LogP contribution in [0.1, 0.15) is 64.4 Å². The van der Waals surface area contributed by atoms with E-state index >= 15 is 0 Å². The largest absolute Gasteiger partial charge is 0.490 e. The van der Waals surface area contributed by atoms with Gasteiger partial charge in [0.25, 0.3) is 0 Å². The van der Waals surface area contributed by atoms with Crippen LogP contribution in [0.3, 0.4) is 0 Å². The maximum Gasteiger partial charge on any atom is 0.159 e. The van der Waals surface area contributed by atoms with Crippen molar-refractivity contribution in [3.63, 3.8) is 0 Å². The summed E-state index contributed by atoms with van der Waals surface area (Å²) in [5.74, 6) is 3.42. The molecule has 1 aliphatic carbocycles. The van der Waals surface area contributed by atoms with E-state index in [0.717, 1.165) is 35.4 Å². The Balaban J connectivity index is 1.50. The molecule has 0 spiro atoms. The zero-order valence-corrected chi connectivity index (χ0v) is 16.3. The van der Waals surface area contributed by atoms with E-state index in [-0.39, 0.29) is 0 Å². The van der Waals surface area contributed by atoms with E-state index in [9.17, 15) is 0 Å². The monoisotopic (exact) mass is 352 g/mol. The molecule has 1 aromatic carbocycles. The topological polar surface area (TPSA) is 35.0 Å². The van der Waals surface area contributed by atoms with Crippen LogP contribution in [0.15, 0.2) is 36.7 Å². The molecule has 0 radical (unpaired) electrons. The highest BCUT2D eigenvalue weighted by Gasteiger charge is 2.19. The Morgan fingerprint density at radius 3 is 2.19 bits per heavy atom. The van der Waals surface area contributed by atoms with E-state index in [0.29, 0.717) is 6.61 Å². The fraction of sp³-hybridized carbons (Fsp3) is 0.565. The highest BCUT2D eigenvalue weighted by Crippen LogP contribution is 2.33. The Labute approximate surface area is 158 Å². The van der Waals surface area contributed by atoms with Gasteiger partial charge in [0.15, 0.2) is 11.6 Å². The standard InChI is InChI=1S/C23H32N2O/c1-3-15-26-22-16-24-23(25-17-22)21-13-11-20(12-14-21)10-9-19-7-5-18(4-2)6-8-19/h11-14,16-19H,3-10,15H2,1-2H3. The van der Waals surface area contributed by atoms with Gasteiger partial charge in [-0.3, -0.25) is 0 Å². The van der Waals surface area contributed by atoms with E-state index in [4.69, 9.17) is 4.74 Å². The fourth-order valence-electron chi connectivity index (χ4n) is 3.88. The normalized spacial score (nSPS) is 20.1. The van der Waals surface area contributed by atoms with Gasteiger partial charge in [0, 0.05) is 5.56 Å². The van der Waals surface area contributed by atoms with Crippen molar-refractivity contribution in [3.8, 4) is 17.1 Å². The van der Waals surface area contributed by atoms with Gasteiger partial charge in [-0.2, -0.15) is 0 Å². The number of aryl methyl sites for hydroxylation is 1. The van der Waals surface area contributed by atoms with Crippen LogP contribution < -0.4 is 4.74 Å². The van der Waals surface area contributed by atoms with Crippen LogP contribution in [0, 0.1) is 11.8 Å². The molecule has 1 aromatic heterocycles. The molecule has 26 heavy (non-hydrogen) atoms. The number of aromatic nitrogens is 2. The molecular formula is C23H32N2O. The van der Waals surface area contributed by atoms with Crippen molar-refractivity contribution in [2.45, 2.75) is 65.2 Å². The summed E-state index contributed by atoms with van der Waals surface area (Å²) >= 11 is 0. The molecule has 1 aliphatic rings. The van der Waals surface area contributed by atoms with Crippen LogP contribution in [0.2, 0.25) is 0 Å². The van der Waals surface area contributed by atoms with E-state index in [1.807, 2.05) is 0 Å². The van der Waals surface area contributed by atoms with Crippen LogP contribution in [0.25, 0.3) is 11.4 Å². The number of hydrogen-bond donors (Lipinski definition) is 0. The van der Waals surface area contributed by atoms with Crippen molar-refractivity contribution in [1.82, 2.24) is 9.97 Å². The third-order valence-corrected chi connectivity index (χ3v) is 5.70. The Kier molecular flexibility index (Phi) is 7.04. The van der Waals surface area contributed by atoms with Gasteiger partial charge in [0.2, 0.25) is 0 Å². The van der Waals surface area contributed by atoms with Crippen LogP contribution in [-0.4, -0.2) is 16.6 Å². The minimum atomic E-state index is 0.706. The molecule has 0 atom stereocenters. The van der Waals surface area contributed by atoms with E-state index in [1.165, 1.54) is 50.5 Å². The van der Waals surface area contributed by atoms with Crippen molar-refractivity contribution in [2.75, 3.05) is 6.61 Å². The molecule has 1 heterocycles. The van der Waals surface area contributed by atoms with Crippen molar-refractivity contribution in [3.05, 3.63) is 42.2 Å². The summed E-state index contributed by atoms with van der Waals surface area (Å²) in [6.07, 6.45) is 14.1. The molecule has 0 aliphatic heterocycles. The van der Waals surface area contributed by atoms with E-state index in [1.54, 1.807) is 12.4 Å². The predicted molar refractivity (Wildman–Crippen MR) is 107 cm³/mol. The zero-order chi connectivity index (χ0) is 18.2. The highest BCUT2D eigenvalue weighted by molar-refractivity contribution is 5.55. The highest BCUT2D eigenvalue weighted by atomic mass is 16.5. The second-order valence-corrected chi connectivity index (χ2v) is 7.62. The van der Waals surface area contributed by atoms with Gasteiger partial charge in [-0.1, -0.05) is 70.2 Å². The van der Waals surface area contributed by atoms with Crippen LogP contribution in [0.4, 0.5) is 0 Å². The molecule has 3 nitrogen and oxygen atoms in total. The first-order valence-corrected chi connectivity index (χ1v) is 10.3. The molecule has 3 rings (SSSR count). The Bertz CT molecular complexity index is 643. The molecule has 0 bridgehead atoms. The van der Waals surface area contributed by atoms with Gasteiger partial charge in [0.1, 0.15) is 0 Å². The quantitative estimate of drug-likeness (QED) is 0.577. The fourth-order valence-corrected chi connectivity index (χ4v) is 3.88. The molecule has 0 unspecified atom stereocenters. The van der Waals surface area contributed by atoms with Gasteiger partial charge < -0.3 is 4.74 Å². The Morgan fingerprint density at radius 1 is 0.923 bits per heavy atom. The third-order valence-electron chi connectivity index (χ3n) is 5.70. The van der Waals surface area contributed by atoms with Crippen molar-refractivity contribution in [2.24, 2.45) is 11.8 Å². The summed E-state index contributed by atoms with van der Waals surface area (Å²) < 4.78 is 5.54. The van der Waals surface area contributed by atoms with Gasteiger partial charge in [0.05, 0.1) is 19.0 Å². The molecule has 140 valence electrons. The summed E-state index contributed by atoms with van der Waals surface area (Å²) in [6.45, 7) is 5.13. The lowest BCUT2D eigenvalue weighted by molar-refractivity contribution is 0.259. The first-order chi connectivity index (χ1) is 12.8. The summed E-state index contributed by atoms with van der Waals surface area (Å²) in [7, 11) is 0. The summed E-state index contributed by atoms with van der Waals surface area (Å²) in [4.78, 5) is 8.86. The van der Waals surface area contributed by atoms with Gasteiger partial charge in [-0.05, 0) is 36.7 Å². The minimum Gasteiger partial charge on any atom is -0.490 e. The van der Waals surface area contributed by atoms with Gasteiger partial charge >= 0.3 is 0 Å². The lowest BCUT2D eigenvalue weighted by Crippen LogP contribution is -2.14. The maximum absolute atomic E-state index is 5.54. The SMILES string of the molecule is CCCOc1cnc(-c2ccc(CCC3CCC(CC)CC3)cc2)nc1. The molecule has 3 heteroatoms. The Morgan fingerprint density at radius 2 is 1.58 bits per heavy atom. The van der Waals surface area contributed by atoms with Crippen LogP contribution in [0.5, 0.6) is 5.75 Å². The average molecular weight is 353 g/mol. The smallest absolute Gasteiger partial charge is 0.159 e. The Hall–Kier alpha value is -1.90. The summed E-state index contributed by atoms with van der Waals surface area (Å²) in [5.41, 5.74) is 2.49. The molecule has 1 saturated carbocycles. The molecular weight excluding hydrogens is 320 g/mol. The molecule has 1 fully saturated rings. The maximum atomic E-state index is 5.54. The average Bonchev–Trinajstić information content (AvgIpc) is 2.72. The summed E-state index contributed by atoms with van der Waals surface area (Å²) in [5, 5.41) is 0. The third kappa shape index (κ3) is 5.30. The number of rotatable bonds is 8. The molecule has 0 N–H and O–H groups in total. The minimum absolute atomic E-state index is 0.706. The first-order valence-electron chi connectivity index (χ1n) is 10.3. The molecule has 0 saturated heterocycles. The van der Waals surface area contributed by atoms with Crippen molar-refractivity contribution < 1.29 is 4.74 Å². The number of hydrogen-bond acceptors (Lipinski definition) is 3. The second kappa shape index (κ2) is 9.70. The van der Waals surface area contributed by atoms with Crippen LogP contribution >= 0.6 is 0 Å². The number of ether oxygens (including phenoxy) is 1. The zero-order valence-electron chi connectivity index (χ0n) is 16.3. The van der Waals surface area contributed by atoms with Crippen molar-refractivity contribution >= 4 is 0 Å². The molecule has 2 aromatic rings. The lowest BCUT2D eigenvalue weighted by Gasteiger charge is -2.27. The van der Waals surface area contributed by atoms with Gasteiger partial charge in [-0.15, -0.1) is 0 Å². The summed E-state index contributed by atoms with van der Waals surface area (Å²) in [6, 6.07) is 8.76. The van der Waals surface area contributed by atoms with Gasteiger partial charge in [-0.25, -0.2) is 9.97 Å². The predicted octanol–water partition coefficient (Wildman–Crippen LogP) is 6.08. The van der Waals surface area contributed by atoms with Crippen molar-refractivity contribution in [1.29, 1.82) is 0 Å². The lowest BCUT2D eigenvalue weighted by atomic mass is 9.78. The van der Waals surface area contributed by atoms with E-state index < -0.39 is 0 Å². The number of benzene rings is 1. The van der Waals surface area contributed by atoms with E-state index in [2.05, 4.69) is 48.1 Å². The number of nitrogens with zero attached hydrogens (tertiary/aromatic N) is 2.